The number of piperidine rings is 1. The number of ether oxygens (including phenoxy) is 3. The standard InChI is InChI=1S/C60H109NO5/c1-5-9-13-17-21-25-32-40-56(41-33-26-22-18-14-10-6-2)58(62)65-52-46-60(44-49-61(50-45-60)48-36-37-51-64-54-55-38-30-29-31-39-55)47-53-66-59(63)57(42-34-27-23-19-15-11-7-3)43-35-28-24-20-16-12-8-4/h29-31,38-39,56-57H,5-28,32-37,40-54H2,1-4H3. The number of hydrogen-bond donors (Lipinski definition) is 0. The van der Waals surface area contributed by atoms with Crippen LogP contribution in [0.25, 0.3) is 0 Å². The lowest BCUT2D eigenvalue weighted by Crippen LogP contribution is -2.42. The maximum absolute atomic E-state index is 13.8. The van der Waals surface area contributed by atoms with Crippen molar-refractivity contribution in [3.8, 4) is 0 Å². The Hall–Kier alpha value is -1.92. The zero-order chi connectivity index (χ0) is 47.4. The van der Waals surface area contributed by atoms with E-state index < -0.39 is 0 Å². The molecule has 0 unspecified atom stereocenters. The second-order valence-electron chi connectivity index (χ2n) is 21.0. The molecule has 0 atom stereocenters. The van der Waals surface area contributed by atoms with E-state index in [1.54, 1.807) is 0 Å². The number of likely N-dealkylation sites (tertiary alicyclic amines) is 1. The molecular formula is C60H109NO5. The zero-order valence-corrected chi connectivity index (χ0v) is 44.3. The molecule has 66 heavy (non-hydrogen) atoms. The quantitative estimate of drug-likeness (QED) is 0.0479. The molecule has 0 spiro atoms. The molecule has 0 aliphatic carbocycles. The molecule has 6 nitrogen and oxygen atoms in total. The molecule has 2 rings (SSSR count). The summed E-state index contributed by atoms with van der Waals surface area (Å²) in [4.78, 5) is 30.3. The lowest BCUT2D eigenvalue weighted by atomic mass is 9.73. The third-order valence-corrected chi connectivity index (χ3v) is 15.1. The van der Waals surface area contributed by atoms with Gasteiger partial charge >= 0.3 is 11.9 Å². The van der Waals surface area contributed by atoms with Gasteiger partial charge in [-0.2, -0.15) is 0 Å². The average molecular weight is 925 g/mol. The zero-order valence-electron chi connectivity index (χ0n) is 44.3. The van der Waals surface area contributed by atoms with Crippen molar-refractivity contribution in [3.63, 3.8) is 0 Å². The highest BCUT2D eigenvalue weighted by atomic mass is 16.5. The molecule has 0 bridgehead atoms. The number of unbranched alkanes of at least 4 members (excludes halogenated alkanes) is 25. The summed E-state index contributed by atoms with van der Waals surface area (Å²) in [6.45, 7) is 14.7. The Morgan fingerprint density at radius 3 is 1.21 bits per heavy atom. The molecule has 0 saturated carbocycles. The van der Waals surface area contributed by atoms with Gasteiger partial charge in [-0.3, -0.25) is 9.59 Å². The van der Waals surface area contributed by atoms with Gasteiger partial charge in [0.1, 0.15) is 0 Å². The first-order valence-electron chi connectivity index (χ1n) is 29.1. The van der Waals surface area contributed by atoms with Gasteiger partial charge < -0.3 is 19.1 Å². The van der Waals surface area contributed by atoms with E-state index in [-0.39, 0.29) is 29.2 Å². The van der Waals surface area contributed by atoms with Crippen molar-refractivity contribution in [2.75, 3.05) is 39.5 Å². The predicted molar refractivity (Wildman–Crippen MR) is 282 cm³/mol. The fourth-order valence-corrected chi connectivity index (χ4v) is 10.3. The van der Waals surface area contributed by atoms with E-state index in [9.17, 15) is 9.59 Å². The third-order valence-electron chi connectivity index (χ3n) is 15.1. The lowest BCUT2D eigenvalue weighted by Gasteiger charge is -2.42. The van der Waals surface area contributed by atoms with Gasteiger partial charge in [0, 0.05) is 6.61 Å². The molecule has 1 aliphatic heterocycles. The first kappa shape index (κ1) is 60.2. The summed E-state index contributed by atoms with van der Waals surface area (Å²) in [6.07, 6.45) is 45.5. The Labute approximate surface area is 410 Å². The van der Waals surface area contributed by atoms with Gasteiger partial charge in [0.15, 0.2) is 0 Å². The van der Waals surface area contributed by atoms with Crippen molar-refractivity contribution in [1.82, 2.24) is 4.90 Å². The summed E-state index contributed by atoms with van der Waals surface area (Å²) < 4.78 is 18.5. The highest BCUT2D eigenvalue weighted by Gasteiger charge is 2.35. The second kappa shape index (κ2) is 43.1. The topological polar surface area (TPSA) is 65.1 Å². The number of carbonyl (C=O) groups excluding carboxylic acids is 2. The van der Waals surface area contributed by atoms with Gasteiger partial charge in [0.05, 0.1) is 31.7 Å². The number of nitrogens with zero attached hydrogens (tertiary/aromatic N) is 1. The molecule has 0 radical (unpaired) electrons. The average Bonchev–Trinajstić information content (AvgIpc) is 3.33. The summed E-state index contributed by atoms with van der Waals surface area (Å²) in [5.41, 5.74) is 1.25. The van der Waals surface area contributed by atoms with Gasteiger partial charge in [-0.1, -0.05) is 238 Å². The monoisotopic (exact) mass is 924 g/mol. The van der Waals surface area contributed by atoms with Gasteiger partial charge in [0.2, 0.25) is 0 Å². The summed E-state index contributed by atoms with van der Waals surface area (Å²) in [5.74, 6) is 0.130. The van der Waals surface area contributed by atoms with E-state index in [1.807, 2.05) is 0 Å². The number of rotatable bonds is 47. The Balaban J connectivity index is 2.00. The number of esters is 2. The molecule has 1 saturated heterocycles. The minimum Gasteiger partial charge on any atom is -0.465 e. The molecule has 1 fully saturated rings. The first-order valence-corrected chi connectivity index (χ1v) is 29.1. The van der Waals surface area contributed by atoms with E-state index in [1.165, 1.54) is 160 Å². The van der Waals surface area contributed by atoms with Crippen molar-refractivity contribution in [3.05, 3.63) is 35.9 Å². The Kier molecular flexibility index (Phi) is 39.3. The lowest BCUT2D eigenvalue weighted by molar-refractivity contribution is -0.151. The number of benzene rings is 1. The van der Waals surface area contributed by atoms with Gasteiger partial charge in [-0.05, 0) is 94.8 Å². The Bertz CT molecular complexity index is 1120. The maximum atomic E-state index is 13.8. The predicted octanol–water partition coefficient (Wildman–Crippen LogP) is 17.7. The van der Waals surface area contributed by atoms with Gasteiger partial charge in [0.25, 0.3) is 0 Å². The minimum absolute atomic E-state index is 0.0226. The summed E-state index contributed by atoms with van der Waals surface area (Å²) in [5, 5.41) is 0. The molecular weight excluding hydrogens is 815 g/mol. The molecule has 384 valence electrons. The van der Waals surface area contributed by atoms with Gasteiger partial charge in [-0.25, -0.2) is 0 Å². The van der Waals surface area contributed by atoms with Crippen LogP contribution < -0.4 is 0 Å². The molecule has 0 amide bonds. The van der Waals surface area contributed by atoms with Crippen LogP contribution in [0.5, 0.6) is 0 Å². The van der Waals surface area contributed by atoms with E-state index in [0.717, 1.165) is 116 Å². The number of carbonyl (C=O) groups is 2. The van der Waals surface area contributed by atoms with Crippen LogP contribution in [0.1, 0.15) is 277 Å². The first-order chi connectivity index (χ1) is 32.5. The smallest absolute Gasteiger partial charge is 0.308 e. The fourth-order valence-electron chi connectivity index (χ4n) is 10.3. The molecule has 0 aromatic heterocycles. The fraction of sp³-hybridized carbons (Fsp3) is 0.867. The SMILES string of the molecule is CCCCCCCCCC(CCCCCCCCC)C(=O)OCCC1(CCOC(=O)C(CCCCCCCCC)CCCCCCCCC)CCN(CCCCOCc2ccccc2)CC1. The molecule has 6 heteroatoms. The molecule has 1 aromatic rings. The van der Waals surface area contributed by atoms with Crippen LogP contribution >= 0.6 is 0 Å². The van der Waals surface area contributed by atoms with Gasteiger partial charge in [-0.15, -0.1) is 0 Å². The second-order valence-corrected chi connectivity index (χ2v) is 21.0. The summed E-state index contributed by atoms with van der Waals surface area (Å²) >= 11 is 0. The molecule has 1 heterocycles. The Morgan fingerprint density at radius 2 is 0.833 bits per heavy atom. The van der Waals surface area contributed by atoms with Crippen molar-refractivity contribution >= 4 is 11.9 Å². The van der Waals surface area contributed by atoms with Crippen LogP contribution in [0.4, 0.5) is 0 Å². The van der Waals surface area contributed by atoms with E-state index in [4.69, 9.17) is 14.2 Å². The highest BCUT2D eigenvalue weighted by Crippen LogP contribution is 2.39. The summed E-state index contributed by atoms with van der Waals surface area (Å²) in [6, 6.07) is 10.4. The van der Waals surface area contributed by atoms with Crippen LogP contribution in [-0.4, -0.2) is 56.3 Å². The van der Waals surface area contributed by atoms with Crippen molar-refractivity contribution in [2.45, 2.75) is 278 Å². The Morgan fingerprint density at radius 1 is 0.470 bits per heavy atom. The van der Waals surface area contributed by atoms with Crippen LogP contribution in [0.3, 0.4) is 0 Å². The van der Waals surface area contributed by atoms with Crippen molar-refractivity contribution in [2.24, 2.45) is 17.3 Å². The largest absolute Gasteiger partial charge is 0.465 e. The third kappa shape index (κ3) is 32.0. The van der Waals surface area contributed by atoms with Crippen LogP contribution in [-0.2, 0) is 30.4 Å². The number of hydrogen-bond acceptors (Lipinski definition) is 6. The van der Waals surface area contributed by atoms with Crippen LogP contribution in [0, 0.1) is 17.3 Å². The molecule has 1 aromatic carbocycles. The minimum atomic E-state index is 0.0226. The van der Waals surface area contributed by atoms with E-state index in [0.29, 0.717) is 19.8 Å². The maximum Gasteiger partial charge on any atom is 0.308 e. The molecule has 0 N–H and O–H groups in total. The van der Waals surface area contributed by atoms with Crippen LogP contribution in [0.2, 0.25) is 0 Å². The van der Waals surface area contributed by atoms with Crippen molar-refractivity contribution < 1.29 is 23.8 Å². The van der Waals surface area contributed by atoms with E-state index >= 15 is 0 Å². The molecule has 1 aliphatic rings. The summed E-state index contributed by atoms with van der Waals surface area (Å²) in [7, 11) is 0. The van der Waals surface area contributed by atoms with E-state index in [2.05, 4.69) is 62.9 Å². The highest BCUT2D eigenvalue weighted by molar-refractivity contribution is 5.72. The normalized spacial score (nSPS) is 14.1. The van der Waals surface area contributed by atoms with Crippen molar-refractivity contribution in [1.29, 1.82) is 0 Å². The van der Waals surface area contributed by atoms with Crippen LogP contribution in [0.15, 0.2) is 30.3 Å².